The van der Waals surface area contributed by atoms with Gasteiger partial charge in [-0.1, -0.05) is 62.4 Å². The Labute approximate surface area is 189 Å². The second-order valence-electron chi connectivity index (χ2n) is 7.87. The predicted molar refractivity (Wildman–Crippen MR) is 128 cm³/mol. The van der Waals surface area contributed by atoms with E-state index in [9.17, 15) is 9.59 Å². The zero-order valence-corrected chi connectivity index (χ0v) is 19.6. The van der Waals surface area contributed by atoms with Crippen molar-refractivity contribution in [2.24, 2.45) is 11.0 Å². The Balaban J connectivity index is 1.46. The highest BCUT2D eigenvalue weighted by Gasteiger charge is 2.22. The van der Waals surface area contributed by atoms with Crippen LogP contribution in [0.4, 0.5) is 0 Å². The first-order chi connectivity index (χ1) is 15.0. The van der Waals surface area contributed by atoms with Crippen molar-refractivity contribution in [2.45, 2.75) is 45.2 Å². The van der Waals surface area contributed by atoms with Crippen molar-refractivity contribution in [1.82, 2.24) is 15.0 Å². The van der Waals surface area contributed by atoms with Crippen LogP contribution in [0.2, 0.25) is 0 Å². The molecule has 0 bridgehead atoms. The second-order valence-corrected chi connectivity index (χ2v) is 10.0. The van der Waals surface area contributed by atoms with Crippen molar-refractivity contribution in [1.29, 1.82) is 0 Å². The lowest BCUT2D eigenvalue weighted by atomic mass is 9.98. The van der Waals surface area contributed by atoms with Gasteiger partial charge >= 0.3 is 0 Å². The van der Waals surface area contributed by atoms with E-state index < -0.39 is 0 Å². The molecule has 4 rings (SSSR count). The number of nitrogens with one attached hydrogen (secondary N) is 1. The molecule has 8 heteroatoms. The number of benzene rings is 1. The standard InChI is InChI=1S/C23H26N4O2S2/c1-4-14(2)12-17-15(3)31-22-20(17)21(29)24-23(25-22)30-13-19(28)27-11-10-18(26-27)16-8-6-5-7-9-16/h5-9,14H,4,10-13H2,1-3H3,(H,24,25,29)/t14-/m0/s1. The van der Waals surface area contributed by atoms with Gasteiger partial charge in [0.25, 0.3) is 11.5 Å². The van der Waals surface area contributed by atoms with Crippen LogP contribution in [0.25, 0.3) is 10.2 Å². The topological polar surface area (TPSA) is 78.4 Å². The van der Waals surface area contributed by atoms with Crippen molar-refractivity contribution in [3.8, 4) is 0 Å². The zero-order chi connectivity index (χ0) is 22.0. The van der Waals surface area contributed by atoms with E-state index in [0.29, 0.717) is 23.0 Å². The fourth-order valence-corrected chi connectivity index (χ4v) is 5.48. The van der Waals surface area contributed by atoms with Gasteiger partial charge in [0.1, 0.15) is 4.83 Å². The summed E-state index contributed by atoms with van der Waals surface area (Å²) in [6.45, 7) is 6.99. The van der Waals surface area contributed by atoms with Crippen LogP contribution >= 0.6 is 23.1 Å². The summed E-state index contributed by atoms with van der Waals surface area (Å²) in [5.41, 5.74) is 2.96. The monoisotopic (exact) mass is 454 g/mol. The summed E-state index contributed by atoms with van der Waals surface area (Å²) in [4.78, 5) is 34.8. The molecule has 0 spiro atoms. The molecular formula is C23H26N4O2S2. The molecule has 3 aromatic rings. The van der Waals surface area contributed by atoms with Crippen molar-refractivity contribution in [3.05, 3.63) is 56.7 Å². The molecule has 0 radical (unpaired) electrons. The molecule has 1 aliphatic rings. The molecule has 0 aliphatic carbocycles. The summed E-state index contributed by atoms with van der Waals surface area (Å²) >= 11 is 2.81. The van der Waals surface area contributed by atoms with Crippen LogP contribution in [-0.4, -0.2) is 38.9 Å². The zero-order valence-electron chi connectivity index (χ0n) is 18.0. The lowest BCUT2D eigenvalue weighted by Gasteiger charge is -2.10. The predicted octanol–water partition coefficient (Wildman–Crippen LogP) is 4.61. The molecule has 0 saturated carbocycles. The number of aromatic amines is 1. The van der Waals surface area contributed by atoms with Crippen LogP contribution in [0, 0.1) is 12.8 Å². The van der Waals surface area contributed by atoms with E-state index in [-0.39, 0.29) is 17.2 Å². The summed E-state index contributed by atoms with van der Waals surface area (Å²) in [7, 11) is 0. The third kappa shape index (κ3) is 4.75. The van der Waals surface area contributed by atoms with E-state index in [1.165, 1.54) is 16.8 Å². The summed E-state index contributed by atoms with van der Waals surface area (Å²) in [6.07, 6.45) is 2.70. The fourth-order valence-electron chi connectivity index (χ4n) is 3.64. The highest BCUT2D eigenvalue weighted by atomic mass is 32.2. The van der Waals surface area contributed by atoms with Gasteiger partial charge in [-0.25, -0.2) is 9.99 Å². The number of thiophene rings is 1. The number of aryl methyl sites for hydroxylation is 1. The van der Waals surface area contributed by atoms with Gasteiger partial charge < -0.3 is 4.98 Å². The number of hydrogen-bond donors (Lipinski definition) is 1. The molecule has 0 unspecified atom stereocenters. The molecule has 1 aliphatic heterocycles. The molecule has 1 aromatic carbocycles. The van der Waals surface area contributed by atoms with Crippen molar-refractivity contribution < 1.29 is 4.79 Å². The number of nitrogens with zero attached hydrogens (tertiary/aromatic N) is 3. The molecule has 31 heavy (non-hydrogen) atoms. The van der Waals surface area contributed by atoms with Gasteiger partial charge in [-0.2, -0.15) is 5.10 Å². The first-order valence-corrected chi connectivity index (χ1v) is 12.3. The molecular weight excluding hydrogens is 428 g/mol. The van der Waals surface area contributed by atoms with Crippen molar-refractivity contribution in [3.63, 3.8) is 0 Å². The Morgan fingerprint density at radius 1 is 1.32 bits per heavy atom. The second kappa shape index (κ2) is 9.36. The van der Waals surface area contributed by atoms with Gasteiger partial charge in [-0.3, -0.25) is 9.59 Å². The summed E-state index contributed by atoms with van der Waals surface area (Å²) in [6, 6.07) is 9.91. The lowest BCUT2D eigenvalue weighted by molar-refractivity contribution is -0.127. The highest BCUT2D eigenvalue weighted by Crippen LogP contribution is 2.30. The SMILES string of the molecule is CC[C@H](C)Cc1c(C)sc2nc(SCC(=O)N3CCC(c4ccccc4)=N3)[nH]c(=O)c12. The minimum absolute atomic E-state index is 0.0847. The van der Waals surface area contributed by atoms with Crippen LogP contribution in [-0.2, 0) is 11.2 Å². The van der Waals surface area contributed by atoms with Crippen LogP contribution in [0.5, 0.6) is 0 Å². The Kier molecular flexibility index (Phi) is 6.57. The molecule has 162 valence electrons. The average molecular weight is 455 g/mol. The molecule has 2 aromatic heterocycles. The van der Waals surface area contributed by atoms with E-state index in [4.69, 9.17) is 0 Å². The minimum atomic E-state index is -0.117. The van der Waals surface area contributed by atoms with Gasteiger partial charge in [0.2, 0.25) is 0 Å². The fraction of sp³-hybridized carbons (Fsp3) is 0.391. The molecule has 3 heterocycles. The molecule has 6 nitrogen and oxygen atoms in total. The Morgan fingerprint density at radius 2 is 2.10 bits per heavy atom. The maximum absolute atomic E-state index is 12.8. The maximum Gasteiger partial charge on any atom is 0.260 e. The number of hydrazone groups is 1. The van der Waals surface area contributed by atoms with E-state index >= 15 is 0 Å². The third-order valence-electron chi connectivity index (χ3n) is 5.62. The first-order valence-electron chi connectivity index (χ1n) is 10.5. The van der Waals surface area contributed by atoms with Crippen LogP contribution in [0.3, 0.4) is 0 Å². The van der Waals surface area contributed by atoms with E-state index in [0.717, 1.165) is 45.8 Å². The van der Waals surface area contributed by atoms with E-state index in [1.54, 1.807) is 11.3 Å². The number of aromatic nitrogens is 2. The maximum atomic E-state index is 12.8. The molecule has 1 atom stereocenters. The summed E-state index contributed by atoms with van der Waals surface area (Å²) in [5, 5.41) is 7.19. The molecule has 0 fully saturated rings. The van der Waals surface area contributed by atoms with Crippen LogP contribution in [0.1, 0.15) is 42.7 Å². The number of fused-ring (bicyclic) bond motifs is 1. The smallest absolute Gasteiger partial charge is 0.260 e. The summed E-state index contributed by atoms with van der Waals surface area (Å²) in [5.74, 6) is 0.618. The van der Waals surface area contributed by atoms with E-state index in [1.807, 2.05) is 30.3 Å². The van der Waals surface area contributed by atoms with E-state index in [2.05, 4.69) is 35.8 Å². The Hall–Kier alpha value is -2.45. The van der Waals surface area contributed by atoms with Gasteiger partial charge in [0.15, 0.2) is 5.16 Å². The minimum Gasteiger partial charge on any atom is -0.301 e. The van der Waals surface area contributed by atoms with Crippen molar-refractivity contribution in [2.75, 3.05) is 12.3 Å². The molecule has 0 saturated heterocycles. The van der Waals surface area contributed by atoms with Crippen LogP contribution in [0.15, 0.2) is 45.4 Å². The van der Waals surface area contributed by atoms with Gasteiger partial charge in [0.05, 0.1) is 23.4 Å². The number of carbonyl (C=O) groups excluding carboxylic acids is 1. The average Bonchev–Trinajstić information content (AvgIpc) is 3.38. The highest BCUT2D eigenvalue weighted by molar-refractivity contribution is 7.99. The summed E-state index contributed by atoms with van der Waals surface area (Å²) < 4.78 is 0. The molecule has 1 amide bonds. The molecule has 1 N–H and O–H groups in total. The number of H-pyrrole nitrogens is 1. The Morgan fingerprint density at radius 3 is 2.84 bits per heavy atom. The first kappa shape index (κ1) is 21.8. The largest absolute Gasteiger partial charge is 0.301 e. The number of carbonyl (C=O) groups is 1. The normalized spacial score (nSPS) is 14.8. The number of thioether (sulfide) groups is 1. The third-order valence-corrected chi connectivity index (χ3v) is 7.52. The number of rotatable bonds is 7. The number of amides is 1. The van der Waals surface area contributed by atoms with Crippen molar-refractivity contribution >= 4 is 44.9 Å². The Bertz CT molecular complexity index is 1180. The van der Waals surface area contributed by atoms with Crippen LogP contribution < -0.4 is 5.56 Å². The number of hydrogen-bond acceptors (Lipinski definition) is 6. The van der Waals surface area contributed by atoms with Gasteiger partial charge in [-0.05, 0) is 30.4 Å². The van der Waals surface area contributed by atoms with Gasteiger partial charge in [0, 0.05) is 11.3 Å². The van der Waals surface area contributed by atoms with Gasteiger partial charge in [-0.15, -0.1) is 11.3 Å². The quantitative estimate of drug-likeness (QED) is 0.418. The lowest BCUT2D eigenvalue weighted by Crippen LogP contribution is -2.25.